The Balaban J connectivity index is 2.43. The van der Waals surface area contributed by atoms with Crippen molar-refractivity contribution in [2.75, 3.05) is 20.3 Å². The smallest absolute Gasteiger partial charge is 0.192 e. The van der Waals surface area contributed by atoms with Gasteiger partial charge in [0.15, 0.2) is 5.78 Å². The second-order valence-corrected chi connectivity index (χ2v) is 5.02. The molecule has 0 saturated heterocycles. The van der Waals surface area contributed by atoms with Crippen LogP contribution in [0.15, 0.2) is 16.6 Å². The van der Waals surface area contributed by atoms with Gasteiger partial charge in [-0.25, -0.2) is 0 Å². The highest BCUT2D eigenvalue weighted by Crippen LogP contribution is 2.32. The van der Waals surface area contributed by atoms with Gasteiger partial charge in [-0.3, -0.25) is 4.79 Å². The topological polar surface area (TPSA) is 35.5 Å². The third kappa shape index (κ3) is 2.87. The normalized spacial score (nSPS) is 14.7. The van der Waals surface area contributed by atoms with Crippen LogP contribution in [-0.2, 0) is 11.2 Å². The van der Waals surface area contributed by atoms with E-state index in [9.17, 15) is 4.79 Å². The molecule has 0 aromatic heterocycles. The van der Waals surface area contributed by atoms with Crippen LogP contribution in [0, 0.1) is 0 Å². The van der Waals surface area contributed by atoms with Gasteiger partial charge < -0.3 is 9.47 Å². The molecule has 17 heavy (non-hydrogen) atoms. The van der Waals surface area contributed by atoms with Crippen LogP contribution in [0.5, 0.6) is 5.75 Å². The van der Waals surface area contributed by atoms with Gasteiger partial charge in [0, 0.05) is 11.6 Å². The molecule has 0 spiro atoms. The number of rotatable bonds is 3. The predicted octanol–water partition coefficient (Wildman–Crippen LogP) is 2.99. The van der Waals surface area contributed by atoms with Crippen molar-refractivity contribution < 1.29 is 14.3 Å². The molecule has 1 aromatic rings. The van der Waals surface area contributed by atoms with E-state index in [-0.39, 0.29) is 12.4 Å². The summed E-state index contributed by atoms with van der Waals surface area (Å²) in [6, 6.07) is 3.84. The molecule has 0 amide bonds. The zero-order valence-corrected chi connectivity index (χ0v) is 11.4. The second-order valence-electron chi connectivity index (χ2n) is 4.10. The van der Waals surface area contributed by atoms with Gasteiger partial charge in [-0.1, -0.05) is 15.9 Å². The van der Waals surface area contributed by atoms with Gasteiger partial charge in [0.2, 0.25) is 0 Å². The lowest BCUT2D eigenvalue weighted by atomic mass is 10.0. The number of ketones is 1. The Labute approximate surface area is 109 Å². The summed E-state index contributed by atoms with van der Waals surface area (Å²) in [5.41, 5.74) is 1.73. The maximum Gasteiger partial charge on any atom is 0.192 e. The first-order valence-electron chi connectivity index (χ1n) is 5.69. The lowest BCUT2D eigenvalue weighted by Crippen LogP contribution is -2.10. The SMILES string of the molecule is COCC(=O)c1cc(Br)cc2c1OCCCC2. The third-order valence-corrected chi connectivity index (χ3v) is 3.25. The number of hydrogen-bond acceptors (Lipinski definition) is 3. The molecule has 0 bridgehead atoms. The summed E-state index contributed by atoms with van der Waals surface area (Å²) in [6.45, 7) is 0.772. The molecule has 2 rings (SSSR count). The molecular weight excluding hydrogens is 284 g/mol. The molecular formula is C13H15BrO3. The first-order chi connectivity index (χ1) is 8.22. The number of Topliss-reactive ketones (excluding diaryl/α,β-unsaturated/α-hetero) is 1. The summed E-state index contributed by atoms with van der Waals surface area (Å²) >= 11 is 3.44. The monoisotopic (exact) mass is 298 g/mol. The largest absolute Gasteiger partial charge is 0.493 e. The number of aryl methyl sites for hydroxylation is 1. The molecule has 1 aliphatic rings. The van der Waals surface area contributed by atoms with Crippen LogP contribution in [0.25, 0.3) is 0 Å². The summed E-state index contributed by atoms with van der Waals surface area (Å²) in [5.74, 6) is 0.708. The van der Waals surface area contributed by atoms with E-state index in [1.54, 1.807) is 0 Å². The highest BCUT2D eigenvalue weighted by atomic mass is 79.9. The van der Waals surface area contributed by atoms with Gasteiger partial charge in [0.25, 0.3) is 0 Å². The molecule has 4 heteroatoms. The Morgan fingerprint density at radius 1 is 1.47 bits per heavy atom. The Kier molecular flexibility index (Phi) is 4.18. The summed E-state index contributed by atoms with van der Waals surface area (Å²) in [7, 11) is 1.52. The number of ether oxygens (including phenoxy) is 2. The maximum absolute atomic E-state index is 12.0. The molecule has 0 aliphatic carbocycles. The first kappa shape index (κ1) is 12.6. The van der Waals surface area contributed by atoms with E-state index in [4.69, 9.17) is 9.47 Å². The number of benzene rings is 1. The summed E-state index contributed by atoms with van der Waals surface area (Å²) in [5, 5.41) is 0. The Morgan fingerprint density at radius 2 is 2.29 bits per heavy atom. The fraction of sp³-hybridized carbons (Fsp3) is 0.462. The number of carbonyl (C=O) groups is 1. The average molecular weight is 299 g/mol. The van der Waals surface area contributed by atoms with Crippen molar-refractivity contribution >= 4 is 21.7 Å². The summed E-state index contributed by atoms with van der Waals surface area (Å²) in [6.07, 6.45) is 3.09. The predicted molar refractivity (Wildman–Crippen MR) is 68.8 cm³/mol. The average Bonchev–Trinajstić information content (AvgIpc) is 2.53. The summed E-state index contributed by atoms with van der Waals surface area (Å²) in [4.78, 5) is 12.0. The van der Waals surface area contributed by atoms with Crippen molar-refractivity contribution in [2.45, 2.75) is 19.3 Å². The van der Waals surface area contributed by atoms with Gasteiger partial charge in [-0.2, -0.15) is 0 Å². The van der Waals surface area contributed by atoms with Crippen molar-refractivity contribution in [3.8, 4) is 5.75 Å². The van der Waals surface area contributed by atoms with Crippen LogP contribution in [0.4, 0.5) is 0 Å². The molecule has 3 nitrogen and oxygen atoms in total. The number of carbonyl (C=O) groups excluding carboxylic acids is 1. The highest BCUT2D eigenvalue weighted by molar-refractivity contribution is 9.10. The minimum absolute atomic E-state index is 0.0352. The van der Waals surface area contributed by atoms with E-state index < -0.39 is 0 Å². The maximum atomic E-state index is 12.0. The Bertz CT molecular complexity index is 429. The van der Waals surface area contributed by atoms with Gasteiger partial charge in [0.05, 0.1) is 12.2 Å². The lowest BCUT2D eigenvalue weighted by molar-refractivity contribution is 0.0844. The van der Waals surface area contributed by atoms with Crippen molar-refractivity contribution in [1.82, 2.24) is 0 Å². The minimum atomic E-state index is -0.0352. The van der Waals surface area contributed by atoms with Crippen LogP contribution in [-0.4, -0.2) is 26.1 Å². The fourth-order valence-electron chi connectivity index (χ4n) is 2.01. The van der Waals surface area contributed by atoms with E-state index >= 15 is 0 Å². The zero-order valence-electron chi connectivity index (χ0n) is 9.79. The van der Waals surface area contributed by atoms with Crippen LogP contribution < -0.4 is 4.74 Å². The zero-order chi connectivity index (χ0) is 12.3. The minimum Gasteiger partial charge on any atom is -0.493 e. The number of methoxy groups -OCH3 is 1. The molecule has 0 radical (unpaired) electrons. The van der Waals surface area contributed by atoms with Gasteiger partial charge >= 0.3 is 0 Å². The standard InChI is InChI=1S/C13H15BrO3/c1-16-8-12(15)11-7-10(14)6-9-4-2-3-5-17-13(9)11/h6-7H,2-5,8H2,1H3. The van der Waals surface area contributed by atoms with Crippen LogP contribution in [0.2, 0.25) is 0 Å². The van der Waals surface area contributed by atoms with Crippen molar-refractivity contribution in [3.05, 3.63) is 27.7 Å². The fourth-order valence-corrected chi connectivity index (χ4v) is 2.52. The number of halogens is 1. The lowest BCUT2D eigenvalue weighted by Gasteiger charge is -2.12. The molecule has 1 heterocycles. The van der Waals surface area contributed by atoms with Crippen LogP contribution in [0.1, 0.15) is 28.8 Å². The van der Waals surface area contributed by atoms with Gasteiger partial charge in [-0.15, -0.1) is 0 Å². The third-order valence-electron chi connectivity index (χ3n) is 2.79. The molecule has 1 aliphatic heterocycles. The van der Waals surface area contributed by atoms with Crippen molar-refractivity contribution in [2.24, 2.45) is 0 Å². The molecule has 92 valence electrons. The van der Waals surface area contributed by atoms with E-state index in [0.29, 0.717) is 12.2 Å². The van der Waals surface area contributed by atoms with Gasteiger partial charge in [-0.05, 0) is 37.0 Å². The molecule has 1 aromatic carbocycles. The van der Waals surface area contributed by atoms with E-state index in [1.165, 1.54) is 7.11 Å². The van der Waals surface area contributed by atoms with E-state index in [2.05, 4.69) is 15.9 Å². The quantitative estimate of drug-likeness (QED) is 0.805. The van der Waals surface area contributed by atoms with Crippen molar-refractivity contribution in [1.29, 1.82) is 0 Å². The number of hydrogen-bond donors (Lipinski definition) is 0. The van der Waals surface area contributed by atoms with Gasteiger partial charge in [0.1, 0.15) is 12.4 Å². The highest BCUT2D eigenvalue weighted by Gasteiger charge is 2.19. The van der Waals surface area contributed by atoms with Crippen LogP contribution in [0.3, 0.4) is 0 Å². The van der Waals surface area contributed by atoms with E-state index in [0.717, 1.165) is 35.0 Å². The molecule has 0 N–H and O–H groups in total. The van der Waals surface area contributed by atoms with Crippen molar-refractivity contribution in [3.63, 3.8) is 0 Å². The molecule has 0 fully saturated rings. The van der Waals surface area contributed by atoms with E-state index in [1.807, 2.05) is 12.1 Å². The second kappa shape index (κ2) is 5.65. The molecule has 0 atom stereocenters. The summed E-state index contributed by atoms with van der Waals surface area (Å²) < 4.78 is 11.5. The molecule has 0 saturated carbocycles. The Morgan fingerprint density at radius 3 is 3.06 bits per heavy atom. The molecule has 0 unspecified atom stereocenters. The number of fused-ring (bicyclic) bond motifs is 1. The first-order valence-corrected chi connectivity index (χ1v) is 6.49. The Hall–Kier alpha value is -0.870. The van der Waals surface area contributed by atoms with Crippen LogP contribution >= 0.6 is 15.9 Å².